The van der Waals surface area contributed by atoms with E-state index in [4.69, 9.17) is 11.6 Å². The summed E-state index contributed by atoms with van der Waals surface area (Å²) in [6, 6.07) is 8.77. The van der Waals surface area contributed by atoms with Crippen molar-refractivity contribution < 1.29 is 13.6 Å². The van der Waals surface area contributed by atoms with Crippen molar-refractivity contribution in [3.05, 3.63) is 64.9 Å². The molecule has 2 heterocycles. The number of benzene rings is 2. The van der Waals surface area contributed by atoms with Gasteiger partial charge < -0.3 is 9.80 Å². The Morgan fingerprint density at radius 1 is 1.00 bits per heavy atom. The van der Waals surface area contributed by atoms with Crippen LogP contribution >= 0.6 is 11.6 Å². The van der Waals surface area contributed by atoms with Gasteiger partial charge >= 0.3 is 0 Å². The largest absolute Gasteiger partial charge is 0.352 e. The molecule has 0 unspecified atom stereocenters. The first-order valence-corrected chi connectivity index (χ1v) is 8.81. The number of fused-ring (bicyclic) bond motifs is 1. The van der Waals surface area contributed by atoms with Crippen LogP contribution in [0.5, 0.6) is 0 Å². The third-order valence-electron chi connectivity index (χ3n) is 4.62. The van der Waals surface area contributed by atoms with Crippen molar-refractivity contribution in [3.63, 3.8) is 0 Å². The average Bonchev–Trinajstić information content (AvgIpc) is 2.68. The molecule has 1 saturated heterocycles. The predicted molar refractivity (Wildman–Crippen MR) is 99.0 cm³/mol. The number of hydrogen-bond donors (Lipinski definition) is 0. The molecule has 8 heteroatoms. The van der Waals surface area contributed by atoms with Crippen molar-refractivity contribution in [3.8, 4) is 0 Å². The summed E-state index contributed by atoms with van der Waals surface area (Å²) in [5.41, 5.74) is 0.270. The van der Waals surface area contributed by atoms with E-state index in [9.17, 15) is 13.6 Å². The molecule has 0 saturated carbocycles. The van der Waals surface area contributed by atoms with Crippen molar-refractivity contribution in [2.24, 2.45) is 0 Å². The highest BCUT2D eigenvalue weighted by atomic mass is 35.5. The summed E-state index contributed by atoms with van der Waals surface area (Å²) >= 11 is 5.74. The molecule has 27 heavy (non-hydrogen) atoms. The topological polar surface area (TPSA) is 49.3 Å². The van der Waals surface area contributed by atoms with Crippen LogP contribution in [0, 0.1) is 11.6 Å². The molecule has 5 nitrogen and oxygen atoms in total. The summed E-state index contributed by atoms with van der Waals surface area (Å²) in [5, 5.41) is 0.873. The van der Waals surface area contributed by atoms with E-state index >= 15 is 0 Å². The third kappa shape index (κ3) is 3.30. The van der Waals surface area contributed by atoms with Gasteiger partial charge in [-0.15, -0.1) is 0 Å². The number of anilines is 1. The number of piperazine rings is 1. The molecule has 1 aliphatic rings. The second-order valence-electron chi connectivity index (χ2n) is 6.24. The van der Waals surface area contributed by atoms with E-state index < -0.39 is 11.6 Å². The van der Waals surface area contributed by atoms with E-state index in [1.165, 1.54) is 24.5 Å². The number of aromatic nitrogens is 2. The quantitative estimate of drug-likeness (QED) is 0.674. The van der Waals surface area contributed by atoms with Crippen LogP contribution < -0.4 is 4.90 Å². The van der Waals surface area contributed by atoms with Gasteiger partial charge in [-0.3, -0.25) is 4.79 Å². The van der Waals surface area contributed by atoms with Gasteiger partial charge in [0.1, 0.15) is 29.3 Å². The lowest BCUT2D eigenvalue weighted by molar-refractivity contribution is 0.0742. The predicted octanol–water partition coefficient (Wildman–Crippen LogP) is 3.52. The van der Waals surface area contributed by atoms with Crippen LogP contribution in [-0.2, 0) is 0 Å². The van der Waals surface area contributed by atoms with Crippen LogP contribution in [0.2, 0.25) is 5.02 Å². The lowest BCUT2D eigenvalue weighted by atomic mass is 10.1. The molecule has 4 rings (SSSR count). The maximum absolute atomic E-state index is 14.0. The Bertz CT molecular complexity index is 1020. The zero-order chi connectivity index (χ0) is 19.0. The molecule has 1 amide bonds. The maximum Gasteiger partial charge on any atom is 0.256 e. The highest BCUT2D eigenvalue weighted by Crippen LogP contribution is 2.26. The SMILES string of the molecule is O=C(c1ccc(Cl)cc1F)N1CCN(c2ncnc3c(F)cccc23)CC1. The van der Waals surface area contributed by atoms with Gasteiger partial charge in [0.2, 0.25) is 0 Å². The maximum atomic E-state index is 14.0. The molecule has 0 bridgehead atoms. The summed E-state index contributed by atoms with van der Waals surface area (Å²) in [5.74, 6) is -0.776. The highest BCUT2D eigenvalue weighted by Gasteiger charge is 2.25. The molecule has 1 aliphatic heterocycles. The first kappa shape index (κ1) is 17.6. The molecule has 0 spiro atoms. The van der Waals surface area contributed by atoms with Crippen molar-refractivity contribution in [2.45, 2.75) is 0 Å². The van der Waals surface area contributed by atoms with Gasteiger partial charge in [-0.2, -0.15) is 0 Å². The molecular formula is C19H15ClF2N4O. The zero-order valence-electron chi connectivity index (χ0n) is 14.2. The summed E-state index contributed by atoms with van der Waals surface area (Å²) in [6.45, 7) is 1.82. The molecule has 138 valence electrons. The van der Waals surface area contributed by atoms with E-state index in [0.717, 1.165) is 6.07 Å². The van der Waals surface area contributed by atoms with E-state index in [1.54, 1.807) is 17.0 Å². The number of rotatable bonds is 2. The molecule has 0 aliphatic carbocycles. The summed E-state index contributed by atoms with van der Waals surface area (Å²) in [7, 11) is 0. The average molecular weight is 389 g/mol. The molecule has 3 aromatic rings. The van der Waals surface area contributed by atoms with Gasteiger partial charge in [-0.25, -0.2) is 18.7 Å². The van der Waals surface area contributed by atoms with Gasteiger partial charge in [0.15, 0.2) is 0 Å². The van der Waals surface area contributed by atoms with E-state index in [-0.39, 0.29) is 22.0 Å². The number of carbonyl (C=O) groups is 1. The van der Waals surface area contributed by atoms with Gasteiger partial charge in [-0.1, -0.05) is 17.7 Å². The second kappa shape index (κ2) is 7.08. The molecule has 2 aromatic carbocycles. The Morgan fingerprint density at radius 2 is 1.78 bits per heavy atom. The van der Waals surface area contributed by atoms with E-state index in [2.05, 4.69) is 9.97 Å². The first-order chi connectivity index (χ1) is 13.0. The van der Waals surface area contributed by atoms with Crippen molar-refractivity contribution in [1.29, 1.82) is 0 Å². The monoisotopic (exact) mass is 388 g/mol. The fourth-order valence-electron chi connectivity index (χ4n) is 3.24. The van der Waals surface area contributed by atoms with E-state index in [1.807, 2.05) is 4.90 Å². The molecule has 1 aromatic heterocycles. The Balaban J connectivity index is 1.53. The van der Waals surface area contributed by atoms with Gasteiger partial charge in [0.25, 0.3) is 5.91 Å². The lowest BCUT2D eigenvalue weighted by Crippen LogP contribution is -2.49. The zero-order valence-corrected chi connectivity index (χ0v) is 15.0. The van der Waals surface area contributed by atoms with Gasteiger partial charge in [0, 0.05) is 36.6 Å². The summed E-state index contributed by atoms with van der Waals surface area (Å²) in [6.07, 6.45) is 1.33. The Morgan fingerprint density at radius 3 is 2.52 bits per heavy atom. The smallest absolute Gasteiger partial charge is 0.256 e. The molecule has 1 fully saturated rings. The third-order valence-corrected chi connectivity index (χ3v) is 4.86. The normalized spacial score (nSPS) is 14.6. The van der Waals surface area contributed by atoms with Crippen LogP contribution in [0.4, 0.5) is 14.6 Å². The Labute approximate surface area is 159 Å². The molecule has 0 radical (unpaired) electrons. The van der Waals surface area contributed by atoms with E-state index in [0.29, 0.717) is 37.4 Å². The first-order valence-electron chi connectivity index (χ1n) is 8.43. The lowest BCUT2D eigenvalue weighted by Gasteiger charge is -2.35. The Hall–Kier alpha value is -2.80. The van der Waals surface area contributed by atoms with Crippen LogP contribution in [0.3, 0.4) is 0 Å². The van der Waals surface area contributed by atoms with Gasteiger partial charge in [0.05, 0.1) is 5.56 Å². The van der Waals surface area contributed by atoms with Crippen molar-refractivity contribution >= 4 is 34.2 Å². The van der Waals surface area contributed by atoms with Crippen molar-refractivity contribution in [1.82, 2.24) is 14.9 Å². The minimum atomic E-state index is -0.632. The fourth-order valence-corrected chi connectivity index (χ4v) is 3.40. The van der Waals surface area contributed by atoms with Crippen molar-refractivity contribution in [2.75, 3.05) is 31.1 Å². The number of para-hydroxylation sites is 1. The summed E-state index contributed by atoms with van der Waals surface area (Å²) in [4.78, 5) is 24.4. The Kier molecular flexibility index (Phi) is 4.61. The highest BCUT2D eigenvalue weighted by molar-refractivity contribution is 6.30. The number of amides is 1. The van der Waals surface area contributed by atoms with Crippen LogP contribution in [0.1, 0.15) is 10.4 Å². The number of nitrogens with zero attached hydrogens (tertiary/aromatic N) is 4. The minimum Gasteiger partial charge on any atom is -0.352 e. The number of hydrogen-bond acceptors (Lipinski definition) is 4. The number of carbonyl (C=O) groups excluding carboxylic acids is 1. The molecular weight excluding hydrogens is 374 g/mol. The van der Waals surface area contributed by atoms with Crippen LogP contribution in [0.25, 0.3) is 10.9 Å². The number of halogens is 3. The molecule has 0 N–H and O–H groups in total. The second-order valence-corrected chi connectivity index (χ2v) is 6.67. The van der Waals surface area contributed by atoms with Crippen LogP contribution in [-0.4, -0.2) is 47.0 Å². The fraction of sp³-hybridized carbons (Fsp3) is 0.211. The minimum absolute atomic E-state index is 0.00223. The summed E-state index contributed by atoms with van der Waals surface area (Å²) < 4.78 is 28.0. The molecule has 0 atom stereocenters. The van der Waals surface area contributed by atoms with Gasteiger partial charge in [-0.05, 0) is 30.3 Å². The van der Waals surface area contributed by atoms with Crippen LogP contribution in [0.15, 0.2) is 42.7 Å². The standard InChI is InChI=1S/C19H15ClF2N4O/c20-12-4-5-13(16(22)10-12)19(27)26-8-6-25(7-9-26)18-14-2-1-3-15(21)17(14)23-11-24-18/h1-5,10-11H,6-9H2.